The van der Waals surface area contributed by atoms with Crippen LogP contribution in [0.2, 0.25) is 0 Å². The van der Waals surface area contributed by atoms with Crippen molar-refractivity contribution in [2.45, 2.75) is 23.6 Å². The zero-order chi connectivity index (χ0) is 16.1. The van der Waals surface area contributed by atoms with Crippen molar-refractivity contribution in [3.8, 4) is 0 Å². The molecule has 0 saturated carbocycles. The first-order valence-corrected chi connectivity index (χ1v) is 9.28. The molecule has 2 aromatic rings. The zero-order valence-electron chi connectivity index (χ0n) is 12.5. The number of rotatable bonds is 5. The van der Waals surface area contributed by atoms with E-state index in [1.165, 1.54) is 35.6 Å². The highest BCUT2D eigenvalue weighted by molar-refractivity contribution is 8.01. The van der Waals surface area contributed by atoms with Crippen LogP contribution in [0.1, 0.15) is 19.3 Å². The number of benzene rings is 1. The van der Waals surface area contributed by atoms with Crippen molar-refractivity contribution >= 4 is 39.8 Å². The summed E-state index contributed by atoms with van der Waals surface area (Å²) in [7, 11) is 0. The number of nitrogens with one attached hydrogen (secondary N) is 1. The Bertz CT molecular complexity index is 673. The van der Waals surface area contributed by atoms with Gasteiger partial charge in [-0.2, -0.15) is 0 Å². The largest absolute Gasteiger partial charge is 0.342 e. The molecular weight excluding hydrogens is 335 g/mol. The maximum atomic E-state index is 13.6. The van der Waals surface area contributed by atoms with Crippen LogP contribution in [-0.4, -0.2) is 39.8 Å². The summed E-state index contributed by atoms with van der Waals surface area (Å²) < 4.78 is 14.3. The number of thioether (sulfide) groups is 1. The summed E-state index contributed by atoms with van der Waals surface area (Å²) in [6, 6.07) is 6.41. The normalized spacial score (nSPS) is 14.7. The molecule has 3 rings (SSSR count). The molecule has 1 saturated heterocycles. The van der Waals surface area contributed by atoms with E-state index in [1.54, 1.807) is 18.2 Å². The summed E-state index contributed by atoms with van der Waals surface area (Å²) in [5.41, 5.74) is 0.365. The lowest BCUT2D eigenvalue weighted by atomic mass is 10.1. The Hall–Kier alpha value is -1.67. The third-order valence-electron chi connectivity index (χ3n) is 3.55. The highest BCUT2D eigenvalue weighted by Gasteiger charge is 2.17. The van der Waals surface area contributed by atoms with Gasteiger partial charge in [-0.05, 0) is 31.4 Å². The van der Waals surface area contributed by atoms with Gasteiger partial charge in [0.05, 0.1) is 11.4 Å². The number of halogens is 1. The molecule has 0 radical (unpaired) electrons. The zero-order valence-corrected chi connectivity index (χ0v) is 14.1. The van der Waals surface area contributed by atoms with Crippen LogP contribution in [0.3, 0.4) is 0 Å². The Morgan fingerprint density at radius 1 is 1.26 bits per heavy atom. The molecule has 23 heavy (non-hydrogen) atoms. The maximum Gasteiger partial charge on any atom is 0.233 e. The van der Waals surface area contributed by atoms with Crippen molar-refractivity contribution in [2.75, 3.05) is 24.2 Å². The molecule has 2 heterocycles. The summed E-state index contributed by atoms with van der Waals surface area (Å²) in [5.74, 6) is 0.180. The van der Waals surface area contributed by atoms with Crippen LogP contribution in [0, 0.1) is 5.82 Å². The van der Waals surface area contributed by atoms with Gasteiger partial charge in [-0.25, -0.2) is 4.39 Å². The predicted molar refractivity (Wildman–Crippen MR) is 90.7 cm³/mol. The van der Waals surface area contributed by atoms with Crippen molar-refractivity contribution < 1.29 is 9.18 Å². The van der Waals surface area contributed by atoms with E-state index in [2.05, 4.69) is 15.5 Å². The minimum absolute atomic E-state index is 0.147. The van der Waals surface area contributed by atoms with E-state index in [1.807, 2.05) is 4.90 Å². The van der Waals surface area contributed by atoms with Gasteiger partial charge in [0, 0.05) is 13.1 Å². The molecule has 0 atom stereocenters. The smallest absolute Gasteiger partial charge is 0.233 e. The van der Waals surface area contributed by atoms with Gasteiger partial charge in [0.1, 0.15) is 5.82 Å². The van der Waals surface area contributed by atoms with Gasteiger partial charge in [-0.1, -0.05) is 35.2 Å². The Morgan fingerprint density at radius 3 is 2.83 bits per heavy atom. The number of anilines is 2. The second-order valence-electron chi connectivity index (χ2n) is 5.21. The number of nitrogens with zero attached hydrogens (tertiary/aromatic N) is 3. The first-order chi connectivity index (χ1) is 11.2. The summed E-state index contributed by atoms with van der Waals surface area (Å²) in [4.78, 5) is 14.0. The van der Waals surface area contributed by atoms with Crippen LogP contribution in [0.4, 0.5) is 15.2 Å². The van der Waals surface area contributed by atoms with Crippen LogP contribution >= 0.6 is 23.1 Å². The van der Waals surface area contributed by atoms with Crippen LogP contribution in [0.5, 0.6) is 0 Å². The minimum Gasteiger partial charge on any atom is -0.342 e. The van der Waals surface area contributed by atoms with Crippen molar-refractivity contribution in [1.29, 1.82) is 0 Å². The molecule has 5 nitrogen and oxygen atoms in total. The Balaban J connectivity index is 1.53. The Kier molecular flexibility index (Phi) is 5.45. The van der Waals surface area contributed by atoms with Gasteiger partial charge in [0.15, 0.2) is 4.34 Å². The molecular formula is C15H17FN4OS2. The first kappa shape index (κ1) is 16.2. The summed E-state index contributed by atoms with van der Waals surface area (Å²) in [5, 5.41) is 11.4. The van der Waals surface area contributed by atoms with Crippen LogP contribution in [0.15, 0.2) is 28.6 Å². The summed E-state index contributed by atoms with van der Waals surface area (Å²) in [6.07, 6.45) is 3.39. The van der Waals surface area contributed by atoms with E-state index in [0.29, 0.717) is 20.9 Å². The average Bonchev–Trinajstić information content (AvgIpc) is 3.03. The van der Waals surface area contributed by atoms with Gasteiger partial charge in [-0.3, -0.25) is 4.79 Å². The standard InChI is InChI=1S/C15H17FN4OS2/c16-11-6-2-3-7-12(11)17-14-18-19-15(23-14)22-10-13(21)20-8-4-1-5-9-20/h2-3,6-7H,1,4-5,8-10H2,(H,17,18). The van der Waals surface area contributed by atoms with Crippen LogP contribution < -0.4 is 5.32 Å². The van der Waals surface area contributed by atoms with E-state index in [4.69, 9.17) is 0 Å². The first-order valence-electron chi connectivity index (χ1n) is 7.48. The van der Waals surface area contributed by atoms with Gasteiger partial charge >= 0.3 is 0 Å². The van der Waals surface area contributed by atoms with E-state index >= 15 is 0 Å². The molecule has 8 heteroatoms. The fourth-order valence-corrected chi connectivity index (χ4v) is 4.02. The fourth-order valence-electron chi connectivity index (χ4n) is 2.35. The van der Waals surface area contributed by atoms with Gasteiger partial charge < -0.3 is 10.2 Å². The molecule has 1 fully saturated rings. The van der Waals surface area contributed by atoms with E-state index < -0.39 is 0 Å². The van der Waals surface area contributed by atoms with Crippen LogP contribution in [-0.2, 0) is 4.79 Å². The third-order valence-corrected chi connectivity index (χ3v) is 5.51. The van der Waals surface area contributed by atoms with Crippen molar-refractivity contribution in [2.24, 2.45) is 0 Å². The van der Waals surface area contributed by atoms with E-state index in [9.17, 15) is 9.18 Å². The Labute approximate surface area is 142 Å². The van der Waals surface area contributed by atoms with Crippen molar-refractivity contribution in [3.05, 3.63) is 30.1 Å². The minimum atomic E-state index is -0.336. The molecule has 122 valence electrons. The van der Waals surface area contributed by atoms with Crippen molar-refractivity contribution in [1.82, 2.24) is 15.1 Å². The number of aromatic nitrogens is 2. The van der Waals surface area contributed by atoms with Gasteiger partial charge in [-0.15, -0.1) is 10.2 Å². The molecule has 0 unspecified atom stereocenters. The SMILES string of the molecule is O=C(CSc1nnc(Nc2ccccc2F)s1)N1CCCCC1. The van der Waals surface area contributed by atoms with Crippen molar-refractivity contribution in [3.63, 3.8) is 0 Å². The quantitative estimate of drug-likeness (QED) is 0.834. The number of para-hydroxylation sites is 1. The number of hydrogen-bond acceptors (Lipinski definition) is 6. The number of carbonyl (C=O) groups is 1. The number of piperidine rings is 1. The highest BCUT2D eigenvalue weighted by Crippen LogP contribution is 2.28. The second kappa shape index (κ2) is 7.74. The molecule has 1 aliphatic heterocycles. The Morgan fingerprint density at radius 2 is 2.04 bits per heavy atom. The molecule has 0 aliphatic carbocycles. The highest BCUT2D eigenvalue weighted by atomic mass is 32.2. The summed E-state index contributed by atoms with van der Waals surface area (Å²) in [6.45, 7) is 1.71. The van der Waals surface area contributed by atoms with E-state index in [0.717, 1.165) is 25.9 Å². The number of carbonyl (C=O) groups excluding carboxylic acids is 1. The van der Waals surface area contributed by atoms with Crippen LogP contribution in [0.25, 0.3) is 0 Å². The van der Waals surface area contributed by atoms with Gasteiger partial charge in [0.2, 0.25) is 11.0 Å². The molecule has 1 aromatic heterocycles. The van der Waals surface area contributed by atoms with Gasteiger partial charge in [0.25, 0.3) is 0 Å². The average molecular weight is 352 g/mol. The lowest BCUT2D eigenvalue weighted by Gasteiger charge is -2.26. The topological polar surface area (TPSA) is 58.1 Å². The molecule has 0 spiro atoms. The predicted octanol–water partition coefficient (Wildman–Crippen LogP) is 3.53. The molecule has 1 aliphatic rings. The molecule has 1 amide bonds. The molecule has 1 N–H and O–H groups in total. The lowest BCUT2D eigenvalue weighted by molar-refractivity contribution is -0.129. The molecule has 0 bridgehead atoms. The molecule has 1 aromatic carbocycles. The second-order valence-corrected chi connectivity index (χ2v) is 7.41. The maximum absolute atomic E-state index is 13.6. The van der Waals surface area contributed by atoms with E-state index in [-0.39, 0.29) is 11.7 Å². The monoisotopic (exact) mass is 352 g/mol. The number of likely N-dealkylation sites (tertiary alicyclic amines) is 1. The fraction of sp³-hybridized carbons (Fsp3) is 0.400. The number of amides is 1. The lowest BCUT2D eigenvalue weighted by Crippen LogP contribution is -2.36. The summed E-state index contributed by atoms with van der Waals surface area (Å²) >= 11 is 2.70. The number of hydrogen-bond donors (Lipinski definition) is 1. The third kappa shape index (κ3) is 4.42.